The van der Waals surface area contributed by atoms with Crippen molar-refractivity contribution in [1.82, 2.24) is 0 Å². The zero-order chi connectivity index (χ0) is 13.0. The molecule has 3 nitrogen and oxygen atoms in total. The van der Waals surface area contributed by atoms with Gasteiger partial charge in [0.05, 0.1) is 12.7 Å². The van der Waals surface area contributed by atoms with Gasteiger partial charge < -0.3 is 9.47 Å². The lowest BCUT2D eigenvalue weighted by Crippen LogP contribution is -2.08. The van der Waals surface area contributed by atoms with Gasteiger partial charge >= 0.3 is 12.6 Å². The van der Waals surface area contributed by atoms with E-state index in [1.54, 1.807) is 6.92 Å². The lowest BCUT2D eigenvalue weighted by molar-refractivity contribution is -0.0499. The van der Waals surface area contributed by atoms with E-state index in [2.05, 4.69) is 9.47 Å². The topological polar surface area (TPSA) is 35.5 Å². The summed E-state index contributed by atoms with van der Waals surface area (Å²) in [5, 5.41) is 0. The summed E-state index contributed by atoms with van der Waals surface area (Å²) in [6.07, 6.45) is 0. The zero-order valence-corrected chi connectivity index (χ0v) is 10.1. The van der Waals surface area contributed by atoms with Gasteiger partial charge in [-0.05, 0) is 30.2 Å². The average Bonchev–Trinajstić information content (AvgIpc) is 2.29. The molecule has 1 rings (SSSR count). The molecule has 0 aliphatic heterocycles. The molecule has 0 aliphatic carbocycles. The van der Waals surface area contributed by atoms with Gasteiger partial charge in [0.15, 0.2) is 0 Å². The van der Waals surface area contributed by atoms with E-state index in [-0.39, 0.29) is 17.2 Å². The van der Waals surface area contributed by atoms with Crippen LogP contribution in [0.1, 0.15) is 21.5 Å². The van der Waals surface area contributed by atoms with E-state index in [9.17, 15) is 13.6 Å². The van der Waals surface area contributed by atoms with E-state index in [4.69, 9.17) is 11.6 Å². The number of benzene rings is 1. The van der Waals surface area contributed by atoms with Gasteiger partial charge in [-0.1, -0.05) is 0 Å². The predicted molar refractivity (Wildman–Crippen MR) is 58.7 cm³/mol. The van der Waals surface area contributed by atoms with E-state index in [0.717, 1.165) is 0 Å². The summed E-state index contributed by atoms with van der Waals surface area (Å²) in [6, 6.07) is 2.59. The third kappa shape index (κ3) is 3.30. The number of carbonyl (C=O) groups is 1. The Labute approximate surface area is 102 Å². The molecule has 6 heteroatoms. The van der Waals surface area contributed by atoms with Gasteiger partial charge in [-0.2, -0.15) is 8.78 Å². The molecule has 94 valence electrons. The second-order valence-electron chi connectivity index (χ2n) is 3.26. The van der Waals surface area contributed by atoms with Crippen molar-refractivity contribution in [2.45, 2.75) is 19.4 Å². The summed E-state index contributed by atoms with van der Waals surface area (Å²) in [7, 11) is 1.21. The average molecular weight is 265 g/mol. The third-order valence-electron chi connectivity index (χ3n) is 2.26. The molecule has 0 aliphatic rings. The Hall–Kier alpha value is -1.36. The first-order chi connectivity index (χ1) is 7.99. The number of methoxy groups -OCH3 is 1. The molecule has 0 saturated heterocycles. The van der Waals surface area contributed by atoms with Crippen molar-refractivity contribution < 1.29 is 23.0 Å². The first-order valence-corrected chi connectivity index (χ1v) is 5.25. The fourth-order valence-corrected chi connectivity index (χ4v) is 1.65. The van der Waals surface area contributed by atoms with Crippen LogP contribution < -0.4 is 4.74 Å². The number of alkyl halides is 3. The molecule has 0 heterocycles. The molecule has 0 amide bonds. The first-order valence-electron chi connectivity index (χ1n) is 4.72. The molecule has 0 N–H and O–H groups in total. The lowest BCUT2D eigenvalue weighted by Gasteiger charge is -2.12. The van der Waals surface area contributed by atoms with Crippen molar-refractivity contribution in [1.29, 1.82) is 0 Å². The number of carbonyl (C=O) groups excluding carboxylic acids is 1. The number of hydrogen-bond acceptors (Lipinski definition) is 3. The lowest BCUT2D eigenvalue weighted by atomic mass is 10.0. The minimum atomic E-state index is -2.95. The number of rotatable bonds is 4. The van der Waals surface area contributed by atoms with E-state index in [0.29, 0.717) is 11.1 Å². The number of esters is 1. The maximum absolute atomic E-state index is 12.1. The van der Waals surface area contributed by atoms with Crippen molar-refractivity contribution in [2.24, 2.45) is 0 Å². The highest BCUT2D eigenvalue weighted by molar-refractivity contribution is 6.17. The summed E-state index contributed by atoms with van der Waals surface area (Å²) < 4.78 is 33.0. The molecule has 1 aromatic rings. The highest BCUT2D eigenvalue weighted by Crippen LogP contribution is 2.25. The highest BCUT2D eigenvalue weighted by Gasteiger charge is 2.16. The highest BCUT2D eigenvalue weighted by atomic mass is 35.5. The van der Waals surface area contributed by atoms with Crippen LogP contribution in [0.2, 0.25) is 0 Å². The van der Waals surface area contributed by atoms with E-state index < -0.39 is 12.6 Å². The Kier molecular flexibility index (Phi) is 4.69. The van der Waals surface area contributed by atoms with Crippen molar-refractivity contribution in [2.75, 3.05) is 7.11 Å². The van der Waals surface area contributed by atoms with Gasteiger partial charge in [0, 0.05) is 5.88 Å². The summed E-state index contributed by atoms with van der Waals surface area (Å²) >= 11 is 5.67. The summed E-state index contributed by atoms with van der Waals surface area (Å²) in [5.41, 5.74) is 1.31. The van der Waals surface area contributed by atoms with E-state index >= 15 is 0 Å². The molecule has 0 unspecified atom stereocenters. The molecule has 17 heavy (non-hydrogen) atoms. The van der Waals surface area contributed by atoms with Crippen LogP contribution in [-0.2, 0) is 10.6 Å². The maximum Gasteiger partial charge on any atom is 0.387 e. The third-order valence-corrected chi connectivity index (χ3v) is 2.55. The molecule has 0 spiro atoms. The monoisotopic (exact) mass is 264 g/mol. The largest absolute Gasteiger partial charge is 0.465 e. The van der Waals surface area contributed by atoms with Crippen LogP contribution in [0.4, 0.5) is 8.78 Å². The quantitative estimate of drug-likeness (QED) is 0.619. The molecule has 1 aromatic carbocycles. The second-order valence-corrected chi connectivity index (χ2v) is 3.53. The van der Waals surface area contributed by atoms with Crippen LogP contribution in [0.25, 0.3) is 0 Å². The first kappa shape index (κ1) is 13.7. The maximum atomic E-state index is 12.1. The normalized spacial score (nSPS) is 10.5. The number of ether oxygens (including phenoxy) is 2. The molecule has 0 bridgehead atoms. The predicted octanol–water partition coefficient (Wildman–Crippen LogP) is 3.12. The van der Waals surface area contributed by atoms with Crippen LogP contribution in [0.3, 0.4) is 0 Å². The second kappa shape index (κ2) is 5.82. The van der Waals surface area contributed by atoms with Crippen LogP contribution in [0.15, 0.2) is 12.1 Å². The van der Waals surface area contributed by atoms with Crippen molar-refractivity contribution >= 4 is 17.6 Å². The number of halogens is 3. The zero-order valence-electron chi connectivity index (χ0n) is 9.30. The van der Waals surface area contributed by atoms with Gasteiger partial charge in [0.2, 0.25) is 0 Å². The smallest absolute Gasteiger partial charge is 0.387 e. The summed E-state index contributed by atoms with van der Waals surface area (Å²) in [4.78, 5) is 11.4. The Bertz CT molecular complexity index is 421. The Morgan fingerprint density at radius 2 is 2.12 bits per heavy atom. The van der Waals surface area contributed by atoms with Crippen molar-refractivity contribution in [3.63, 3.8) is 0 Å². The van der Waals surface area contributed by atoms with Gasteiger partial charge in [-0.15, -0.1) is 11.6 Å². The standard InChI is InChI=1S/C11H11ClF2O3/c1-6-7(5-12)3-8(17-11(13)14)4-9(6)10(15)16-2/h3-4,11H,5H2,1-2H3. The van der Waals surface area contributed by atoms with Crippen LogP contribution in [-0.4, -0.2) is 19.7 Å². The molecular formula is C11H11ClF2O3. The van der Waals surface area contributed by atoms with Gasteiger partial charge in [-0.25, -0.2) is 4.79 Å². The minimum absolute atomic E-state index is 0.0935. The fourth-order valence-electron chi connectivity index (χ4n) is 1.38. The molecule has 0 radical (unpaired) electrons. The molecule has 0 saturated carbocycles. The molecule has 0 atom stereocenters. The summed E-state index contributed by atoms with van der Waals surface area (Å²) in [6.45, 7) is -1.29. The van der Waals surface area contributed by atoms with E-state index in [1.807, 2.05) is 0 Å². The van der Waals surface area contributed by atoms with Crippen LogP contribution in [0, 0.1) is 6.92 Å². The van der Waals surface area contributed by atoms with Crippen LogP contribution in [0.5, 0.6) is 5.75 Å². The molecule has 0 fully saturated rings. The Morgan fingerprint density at radius 1 is 1.47 bits per heavy atom. The van der Waals surface area contributed by atoms with Crippen LogP contribution >= 0.6 is 11.6 Å². The summed E-state index contributed by atoms with van der Waals surface area (Å²) in [5.74, 6) is -0.633. The molecular weight excluding hydrogens is 254 g/mol. The van der Waals surface area contributed by atoms with Gasteiger partial charge in [-0.3, -0.25) is 0 Å². The minimum Gasteiger partial charge on any atom is -0.465 e. The fraction of sp³-hybridized carbons (Fsp3) is 0.364. The SMILES string of the molecule is COC(=O)c1cc(OC(F)F)cc(CCl)c1C. The number of hydrogen-bond donors (Lipinski definition) is 0. The Morgan fingerprint density at radius 3 is 2.59 bits per heavy atom. The van der Waals surface area contributed by atoms with Crippen molar-refractivity contribution in [3.8, 4) is 5.75 Å². The van der Waals surface area contributed by atoms with Gasteiger partial charge in [0.1, 0.15) is 5.75 Å². The van der Waals surface area contributed by atoms with Gasteiger partial charge in [0.25, 0.3) is 0 Å². The molecule has 0 aromatic heterocycles. The van der Waals surface area contributed by atoms with E-state index in [1.165, 1.54) is 19.2 Å². The Balaban J connectivity index is 3.23. The van der Waals surface area contributed by atoms with Crippen molar-refractivity contribution in [3.05, 3.63) is 28.8 Å².